The van der Waals surface area contributed by atoms with Gasteiger partial charge in [-0.05, 0) is 30.7 Å². The summed E-state index contributed by atoms with van der Waals surface area (Å²) in [5.74, 6) is 2.72. The first-order valence-electron chi connectivity index (χ1n) is 9.41. The summed E-state index contributed by atoms with van der Waals surface area (Å²) in [4.78, 5) is 9.39. The number of rotatable bonds is 5. The molecule has 0 aliphatic carbocycles. The van der Waals surface area contributed by atoms with Crippen LogP contribution in [0.3, 0.4) is 0 Å². The van der Waals surface area contributed by atoms with Gasteiger partial charge in [-0.2, -0.15) is 0 Å². The van der Waals surface area contributed by atoms with Crippen LogP contribution in [0.25, 0.3) is 11.0 Å². The predicted octanol–water partition coefficient (Wildman–Crippen LogP) is 3.25. The summed E-state index contributed by atoms with van der Waals surface area (Å²) in [6.45, 7) is 4.10. The van der Waals surface area contributed by atoms with Crippen molar-refractivity contribution in [1.82, 2.24) is 20.2 Å². The quantitative estimate of drug-likeness (QED) is 0.327. The molecular formula is C21H26IN5O. The molecule has 0 fully saturated rings. The third-order valence-electron chi connectivity index (χ3n) is 4.81. The van der Waals surface area contributed by atoms with Crippen molar-refractivity contribution in [2.24, 2.45) is 12.0 Å². The van der Waals surface area contributed by atoms with Crippen molar-refractivity contribution in [2.75, 3.05) is 13.1 Å². The topological polar surface area (TPSA) is 63.5 Å². The van der Waals surface area contributed by atoms with Crippen LogP contribution in [0.15, 0.2) is 53.5 Å². The van der Waals surface area contributed by atoms with Crippen molar-refractivity contribution in [1.29, 1.82) is 0 Å². The van der Waals surface area contributed by atoms with Gasteiger partial charge in [-0.3, -0.25) is 0 Å². The van der Waals surface area contributed by atoms with Gasteiger partial charge < -0.3 is 19.9 Å². The van der Waals surface area contributed by atoms with E-state index in [2.05, 4.69) is 45.3 Å². The van der Waals surface area contributed by atoms with Crippen molar-refractivity contribution in [3.8, 4) is 5.75 Å². The standard InChI is InChI=1S/C21H25N5O.HI/c1-3-22-21(23-13-16-12-15-8-4-7-11-19(15)27-16)24-14-20-25-17-9-5-6-10-18(17)26(20)2;/h4-11,16H,3,12-14H2,1-2H3,(H2,22,23,24);1H. The minimum atomic E-state index is 0. The second-order valence-corrected chi connectivity index (χ2v) is 6.70. The number of para-hydroxylation sites is 3. The van der Waals surface area contributed by atoms with E-state index >= 15 is 0 Å². The molecule has 0 saturated heterocycles. The van der Waals surface area contributed by atoms with E-state index in [-0.39, 0.29) is 30.1 Å². The average Bonchev–Trinajstić information content (AvgIpc) is 3.25. The van der Waals surface area contributed by atoms with Crippen LogP contribution >= 0.6 is 24.0 Å². The van der Waals surface area contributed by atoms with E-state index in [4.69, 9.17) is 9.73 Å². The van der Waals surface area contributed by atoms with E-state index in [1.54, 1.807) is 0 Å². The lowest BCUT2D eigenvalue weighted by atomic mass is 10.1. The molecule has 1 atom stereocenters. The van der Waals surface area contributed by atoms with Gasteiger partial charge in [-0.25, -0.2) is 9.98 Å². The predicted molar refractivity (Wildman–Crippen MR) is 124 cm³/mol. The number of nitrogens with zero attached hydrogens (tertiary/aromatic N) is 3. The van der Waals surface area contributed by atoms with Gasteiger partial charge in [-0.1, -0.05) is 30.3 Å². The van der Waals surface area contributed by atoms with E-state index in [1.165, 1.54) is 5.56 Å². The molecule has 7 heteroatoms. The average molecular weight is 491 g/mol. The summed E-state index contributed by atoms with van der Waals surface area (Å²) in [6, 6.07) is 16.4. The number of ether oxygens (including phenoxy) is 1. The van der Waals surface area contributed by atoms with E-state index in [9.17, 15) is 0 Å². The van der Waals surface area contributed by atoms with Crippen LogP contribution in [0.4, 0.5) is 0 Å². The Bertz CT molecular complexity index is 943. The number of hydrogen-bond acceptors (Lipinski definition) is 3. The van der Waals surface area contributed by atoms with Crippen molar-refractivity contribution in [2.45, 2.75) is 26.0 Å². The van der Waals surface area contributed by atoms with Crippen molar-refractivity contribution < 1.29 is 4.74 Å². The maximum Gasteiger partial charge on any atom is 0.191 e. The monoisotopic (exact) mass is 491 g/mol. The van der Waals surface area contributed by atoms with Gasteiger partial charge in [-0.15, -0.1) is 24.0 Å². The second kappa shape index (κ2) is 9.27. The third kappa shape index (κ3) is 4.40. The van der Waals surface area contributed by atoms with Gasteiger partial charge in [0, 0.05) is 20.0 Å². The number of hydrogen-bond donors (Lipinski definition) is 2. The Morgan fingerprint density at radius 3 is 2.75 bits per heavy atom. The van der Waals surface area contributed by atoms with Gasteiger partial charge in [0.25, 0.3) is 0 Å². The van der Waals surface area contributed by atoms with Crippen LogP contribution in [0.1, 0.15) is 18.3 Å². The number of imidazole rings is 1. The first-order chi connectivity index (χ1) is 13.2. The molecule has 0 amide bonds. The lowest BCUT2D eigenvalue weighted by molar-refractivity contribution is 0.235. The SMILES string of the molecule is CCNC(=NCc1nc2ccccc2n1C)NCC1Cc2ccccc2O1.I. The Labute approximate surface area is 182 Å². The first-order valence-corrected chi connectivity index (χ1v) is 9.41. The number of fused-ring (bicyclic) bond motifs is 2. The van der Waals surface area contributed by atoms with Gasteiger partial charge >= 0.3 is 0 Å². The maximum atomic E-state index is 6.00. The normalized spacial score (nSPS) is 15.6. The summed E-state index contributed by atoms with van der Waals surface area (Å²) in [6.07, 6.45) is 1.05. The van der Waals surface area contributed by atoms with Crippen LogP contribution in [-0.2, 0) is 20.0 Å². The van der Waals surface area contributed by atoms with Crippen LogP contribution in [-0.4, -0.2) is 34.7 Å². The minimum absolute atomic E-state index is 0. The number of aryl methyl sites for hydroxylation is 1. The Kier molecular flexibility index (Phi) is 6.77. The molecule has 0 bridgehead atoms. The first kappa shape index (κ1) is 20.4. The summed E-state index contributed by atoms with van der Waals surface area (Å²) in [7, 11) is 2.03. The fraction of sp³-hybridized carbons (Fsp3) is 0.333. The maximum absolute atomic E-state index is 6.00. The number of guanidine groups is 1. The van der Waals surface area contributed by atoms with E-state index in [0.717, 1.165) is 41.5 Å². The summed E-state index contributed by atoms with van der Waals surface area (Å²) < 4.78 is 8.09. The molecule has 1 aromatic heterocycles. The zero-order valence-electron chi connectivity index (χ0n) is 16.2. The molecule has 3 aromatic rings. The zero-order valence-corrected chi connectivity index (χ0v) is 18.5. The Hall–Kier alpha value is -2.29. The Morgan fingerprint density at radius 1 is 1.18 bits per heavy atom. The molecule has 6 nitrogen and oxygen atoms in total. The van der Waals surface area contributed by atoms with Gasteiger partial charge in [0.1, 0.15) is 24.2 Å². The van der Waals surface area contributed by atoms with Crippen molar-refractivity contribution in [3.05, 3.63) is 59.9 Å². The van der Waals surface area contributed by atoms with Crippen LogP contribution in [0, 0.1) is 0 Å². The fourth-order valence-electron chi connectivity index (χ4n) is 3.41. The molecule has 1 unspecified atom stereocenters. The molecule has 2 aromatic carbocycles. The molecule has 28 heavy (non-hydrogen) atoms. The smallest absolute Gasteiger partial charge is 0.191 e. The Balaban J connectivity index is 0.00000225. The molecule has 0 radical (unpaired) electrons. The zero-order chi connectivity index (χ0) is 18.6. The number of aliphatic imine (C=N–C) groups is 1. The highest BCUT2D eigenvalue weighted by Gasteiger charge is 2.22. The van der Waals surface area contributed by atoms with Gasteiger partial charge in [0.05, 0.1) is 17.6 Å². The van der Waals surface area contributed by atoms with Crippen LogP contribution < -0.4 is 15.4 Å². The largest absolute Gasteiger partial charge is 0.488 e. The number of benzene rings is 2. The van der Waals surface area contributed by atoms with E-state index < -0.39 is 0 Å². The fourth-order valence-corrected chi connectivity index (χ4v) is 3.41. The molecule has 2 N–H and O–H groups in total. The van der Waals surface area contributed by atoms with Gasteiger partial charge in [0.2, 0.25) is 0 Å². The molecular weight excluding hydrogens is 465 g/mol. The third-order valence-corrected chi connectivity index (χ3v) is 4.81. The lowest BCUT2D eigenvalue weighted by Crippen LogP contribution is -2.42. The van der Waals surface area contributed by atoms with Crippen molar-refractivity contribution in [3.63, 3.8) is 0 Å². The summed E-state index contributed by atoms with van der Waals surface area (Å²) >= 11 is 0. The molecule has 0 saturated carbocycles. The molecule has 1 aliphatic heterocycles. The number of aromatic nitrogens is 2. The number of halogens is 1. The number of nitrogens with one attached hydrogen (secondary N) is 2. The highest BCUT2D eigenvalue weighted by Crippen LogP contribution is 2.27. The molecule has 148 valence electrons. The van der Waals surface area contributed by atoms with Crippen LogP contribution in [0.2, 0.25) is 0 Å². The van der Waals surface area contributed by atoms with E-state index in [1.807, 2.05) is 37.4 Å². The van der Waals surface area contributed by atoms with E-state index in [0.29, 0.717) is 13.1 Å². The van der Waals surface area contributed by atoms with Gasteiger partial charge in [0.15, 0.2) is 5.96 Å². The van der Waals surface area contributed by atoms with Crippen LogP contribution in [0.5, 0.6) is 5.75 Å². The molecule has 4 rings (SSSR count). The minimum Gasteiger partial charge on any atom is -0.488 e. The summed E-state index contributed by atoms with van der Waals surface area (Å²) in [5, 5.41) is 6.70. The lowest BCUT2D eigenvalue weighted by Gasteiger charge is -2.15. The second-order valence-electron chi connectivity index (χ2n) is 6.70. The summed E-state index contributed by atoms with van der Waals surface area (Å²) in [5.41, 5.74) is 3.39. The molecule has 1 aliphatic rings. The van der Waals surface area contributed by atoms with Crippen molar-refractivity contribution >= 4 is 41.0 Å². The highest BCUT2D eigenvalue weighted by molar-refractivity contribution is 14.0. The highest BCUT2D eigenvalue weighted by atomic mass is 127. The molecule has 2 heterocycles. The molecule has 0 spiro atoms. The Morgan fingerprint density at radius 2 is 1.96 bits per heavy atom.